The van der Waals surface area contributed by atoms with Crippen LogP contribution in [-0.2, 0) is 19.9 Å². The van der Waals surface area contributed by atoms with E-state index in [4.69, 9.17) is 39.4 Å². The zero-order valence-corrected chi connectivity index (χ0v) is 21.3. The van der Waals surface area contributed by atoms with Crippen LogP contribution < -0.4 is 19.5 Å². The maximum Gasteiger partial charge on any atom is 0.338 e. The van der Waals surface area contributed by atoms with Gasteiger partial charge >= 0.3 is 17.9 Å². The number of rotatable bonds is 12. The van der Waals surface area contributed by atoms with Gasteiger partial charge in [0.2, 0.25) is 5.75 Å². The molecule has 0 aromatic heterocycles. The molecule has 0 aliphatic rings. The number of aliphatic hydroxyl groups is 2. The zero-order chi connectivity index (χ0) is 28.2. The minimum absolute atomic E-state index is 0.194. The lowest BCUT2D eigenvalue weighted by atomic mass is 9.88. The first-order valence-corrected chi connectivity index (χ1v) is 11.0. The second kappa shape index (κ2) is 14.6. The average Bonchev–Trinajstić information content (AvgIpc) is 2.92. The molecular formula is C25H33NO11. The predicted octanol–water partition coefficient (Wildman–Crippen LogP) is 1.27. The predicted molar refractivity (Wildman–Crippen MR) is 131 cm³/mol. The smallest absolute Gasteiger partial charge is 0.338 e. The summed E-state index contributed by atoms with van der Waals surface area (Å²) in [5, 5.41) is 35.8. The van der Waals surface area contributed by atoms with Crippen LogP contribution >= 0.6 is 0 Å². The van der Waals surface area contributed by atoms with Crippen molar-refractivity contribution in [2.24, 2.45) is 0 Å². The number of likely N-dealkylation sites (N-methyl/N-ethyl adjacent to an activating group) is 1. The Kier molecular flexibility index (Phi) is 12.3. The molecule has 5 N–H and O–H groups in total. The molecule has 12 heteroatoms. The van der Waals surface area contributed by atoms with E-state index in [1.54, 1.807) is 12.1 Å². The largest absolute Gasteiger partial charge is 0.493 e. The van der Waals surface area contributed by atoms with Gasteiger partial charge < -0.3 is 44.7 Å². The molecule has 0 heterocycles. The summed E-state index contributed by atoms with van der Waals surface area (Å²) in [5.74, 6) is -2.76. The number of ether oxygens (including phenoxy) is 4. The van der Waals surface area contributed by atoms with Crippen LogP contribution in [0.3, 0.4) is 0 Å². The second-order valence-corrected chi connectivity index (χ2v) is 7.61. The van der Waals surface area contributed by atoms with Gasteiger partial charge in [-0.3, -0.25) is 0 Å². The third kappa shape index (κ3) is 8.07. The van der Waals surface area contributed by atoms with Crippen LogP contribution in [0.5, 0.6) is 17.2 Å². The Morgan fingerprint density at radius 2 is 1.38 bits per heavy atom. The SMILES string of the molecule is CC[C@](COC(=O)c1cc(OC)c(OC)c(OC)c1)(NC)c1ccccc1.O=C(O)[C@H](O)[C@@H](O)C(=O)O. The number of hydrogen-bond acceptors (Lipinski definition) is 10. The van der Waals surface area contributed by atoms with E-state index in [1.807, 2.05) is 37.4 Å². The summed E-state index contributed by atoms with van der Waals surface area (Å²) in [6.45, 7) is 2.25. The molecule has 0 unspecified atom stereocenters. The van der Waals surface area contributed by atoms with Gasteiger partial charge in [0.05, 0.1) is 32.4 Å². The number of esters is 1. The van der Waals surface area contributed by atoms with E-state index in [0.29, 0.717) is 22.8 Å². The quantitative estimate of drug-likeness (QED) is 0.252. The Morgan fingerprint density at radius 1 is 0.892 bits per heavy atom. The molecule has 0 amide bonds. The molecular weight excluding hydrogens is 490 g/mol. The van der Waals surface area contributed by atoms with Gasteiger partial charge in [-0.25, -0.2) is 14.4 Å². The van der Waals surface area contributed by atoms with E-state index in [9.17, 15) is 14.4 Å². The van der Waals surface area contributed by atoms with Crippen LogP contribution in [0.4, 0.5) is 0 Å². The van der Waals surface area contributed by atoms with E-state index in [-0.39, 0.29) is 6.61 Å². The Balaban J connectivity index is 0.000000580. The lowest BCUT2D eigenvalue weighted by Crippen LogP contribution is -2.44. The minimum atomic E-state index is -2.27. The van der Waals surface area contributed by atoms with Crippen molar-refractivity contribution in [2.45, 2.75) is 31.1 Å². The lowest BCUT2D eigenvalue weighted by Gasteiger charge is -2.32. The van der Waals surface area contributed by atoms with Gasteiger partial charge in [-0.15, -0.1) is 0 Å². The number of methoxy groups -OCH3 is 3. The fourth-order valence-electron chi connectivity index (χ4n) is 3.28. The number of aliphatic carboxylic acids is 2. The fourth-order valence-corrected chi connectivity index (χ4v) is 3.28. The van der Waals surface area contributed by atoms with E-state index in [1.165, 1.54) is 21.3 Å². The van der Waals surface area contributed by atoms with Crippen LogP contribution in [0.15, 0.2) is 42.5 Å². The van der Waals surface area contributed by atoms with E-state index >= 15 is 0 Å². The summed E-state index contributed by atoms with van der Waals surface area (Å²) in [7, 11) is 6.39. The summed E-state index contributed by atoms with van der Waals surface area (Å²) in [6, 6.07) is 13.1. The highest BCUT2D eigenvalue weighted by Crippen LogP contribution is 2.38. The van der Waals surface area contributed by atoms with Crippen molar-refractivity contribution >= 4 is 17.9 Å². The highest BCUT2D eigenvalue weighted by Gasteiger charge is 2.31. The number of carbonyl (C=O) groups is 3. The van der Waals surface area contributed by atoms with Crippen molar-refractivity contribution < 1.29 is 53.8 Å². The van der Waals surface area contributed by atoms with Crippen molar-refractivity contribution in [3.63, 3.8) is 0 Å². The van der Waals surface area contributed by atoms with Crippen molar-refractivity contribution in [3.05, 3.63) is 53.6 Å². The lowest BCUT2D eigenvalue weighted by molar-refractivity contribution is -0.165. The molecule has 0 aliphatic heterocycles. The molecule has 0 bridgehead atoms. The summed E-state index contributed by atoms with van der Waals surface area (Å²) in [6.07, 6.45) is -3.77. The van der Waals surface area contributed by atoms with Gasteiger partial charge in [-0.2, -0.15) is 0 Å². The fraction of sp³-hybridized carbons (Fsp3) is 0.400. The van der Waals surface area contributed by atoms with Gasteiger partial charge in [-0.1, -0.05) is 37.3 Å². The molecule has 2 rings (SSSR count). The van der Waals surface area contributed by atoms with Crippen molar-refractivity contribution in [1.82, 2.24) is 5.32 Å². The van der Waals surface area contributed by atoms with Crippen molar-refractivity contribution in [2.75, 3.05) is 35.0 Å². The highest BCUT2D eigenvalue weighted by atomic mass is 16.5. The van der Waals surface area contributed by atoms with Gasteiger partial charge in [-0.05, 0) is 31.2 Å². The Labute approximate surface area is 214 Å². The van der Waals surface area contributed by atoms with Gasteiger partial charge in [0, 0.05) is 0 Å². The minimum Gasteiger partial charge on any atom is -0.493 e. The molecule has 0 aliphatic carbocycles. The molecule has 0 fully saturated rings. The number of aliphatic hydroxyl groups excluding tert-OH is 2. The van der Waals surface area contributed by atoms with Gasteiger partial charge in [0.15, 0.2) is 23.7 Å². The first-order chi connectivity index (χ1) is 17.5. The topological polar surface area (TPSA) is 181 Å². The third-order valence-corrected chi connectivity index (χ3v) is 5.56. The standard InChI is InChI=1S/C21H27NO5.C4H6O6/c1-6-21(22-2,16-10-8-7-9-11-16)14-27-20(23)15-12-17(24-3)19(26-5)18(13-15)25-4;5-1(3(7)8)2(6)4(9)10/h7-13,22H,6,14H2,1-5H3;1-2,5-6H,(H,7,8)(H,9,10)/t21-;1-,2-/m11/s1. The maximum absolute atomic E-state index is 12.7. The number of benzene rings is 2. The summed E-state index contributed by atoms with van der Waals surface area (Å²) in [5.41, 5.74) is 0.934. The van der Waals surface area contributed by atoms with E-state index in [0.717, 1.165) is 12.0 Å². The molecule has 0 saturated heterocycles. The molecule has 0 spiro atoms. The molecule has 2 aromatic rings. The number of carboxylic acid groups (broad SMARTS) is 2. The zero-order valence-electron chi connectivity index (χ0n) is 21.3. The normalized spacial score (nSPS) is 13.6. The van der Waals surface area contributed by atoms with Gasteiger partial charge in [0.1, 0.15) is 6.61 Å². The first-order valence-electron chi connectivity index (χ1n) is 11.0. The van der Waals surface area contributed by atoms with Crippen LogP contribution in [0, 0.1) is 0 Å². The Morgan fingerprint density at radius 3 is 1.73 bits per heavy atom. The molecule has 3 atom stereocenters. The summed E-state index contributed by atoms with van der Waals surface area (Å²) in [4.78, 5) is 32.2. The summed E-state index contributed by atoms with van der Waals surface area (Å²) < 4.78 is 21.5. The second-order valence-electron chi connectivity index (χ2n) is 7.61. The summed E-state index contributed by atoms with van der Waals surface area (Å²) >= 11 is 0. The molecule has 12 nitrogen and oxygen atoms in total. The average molecular weight is 524 g/mol. The monoisotopic (exact) mass is 523 g/mol. The number of carboxylic acids is 2. The molecule has 2 aromatic carbocycles. The van der Waals surface area contributed by atoms with Gasteiger partial charge in [0.25, 0.3) is 0 Å². The Bertz CT molecular complexity index is 995. The number of hydrogen-bond donors (Lipinski definition) is 5. The highest BCUT2D eigenvalue weighted by molar-refractivity contribution is 5.91. The van der Waals surface area contributed by atoms with E-state index < -0.39 is 35.7 Å². The van der Waals surface area contributed by atoms with Crippen LogP contribution in [0.1, 0.15) is 29.3 Å². The molecule has 0 saturated carbocycles. The van der Waals surface area contributed by atoms with Crippen molar-refractivity contribution in [3.8, 4) is 17.2 Å². The van der Waals surface area contributed by atoms with Crippen LogP contribution in [0.2, 0.25) is 0 Å². The number of carbonyl (C=O) groups excluding carboxylic acids is 1. The van der Waals surface area contributed by atoms with Crippen LogP contribution in [0.25, 0.3) is 0 Å². The molecule has 204 valence electrons. The number of nitrogens with one attached hydrogen (secondary N) is 1. The first kappa shape index (κ1) is 31.2. The van der Waals surface area contributed by atoms with Crippen molar-refractivity contribution in [1.29, 1.82) is 0 Å². The Hall–Kier alpha value is -3.87. The third-order valence-electron chi connectivity index (χ3n) is 5.56. The van der Waals surface area contributed by atoms with E-state index in [2.05, 4.69) is 12.2 Å². The molecule has 37 heavy (non-hydrogen) atoms. The van der Waals surface area contributed by atoms with Crippen LogP contribution in [-0.4, -0.2) is 85.5 Å². The molecule has 0 radical (unpaired) electrons. The maximum atomic E-state index is 12.7.